The van der Waals surface area contributed by atoms with Crippen LogP contribution in [0.15, 0.2) is 29.2 Å². The Labute approximate surface area is 114 Å². The van der Waals surface area contributed by atoms with E-state index in [4.69, 9.17) is 0 Å². The molecular formula is C14H19NO3S. The van der Waals surface area contributed by atoms with Gasteiger partial charge in [-0.05, 0) is 37.8 Å². The minimum absolute atomic E-state index is 0.195. The third kappa shape index (κ3) is 2.97. The Balaban J connectivity index is 2.36. The van der Waals surface area contributed by atoms with Gasteiger partial charge in [-0.3, -0.25) is 4.79 Å². The second-order valence-corrected chi connectivity index (χ2v) is 7.10. The number of aryl methyl sites for hydroxylation is 1. The Bertz CT molecular complexity index is 563. The summed E-state index contributed by atoms with van der Waals surface area (Å²) in [6.45, 7) is 4.17. The van der Waals surface area contributed by atoms with Gasteiger partial charge in [0.25, 0.3) is 10.0 Å². The van der Waals surface area contributed by atoms with E-state index in [1.807, 2.05) is 13.8 Å². The molecule has 0 spiro atoms. The van der Waals surface area contributed by atoms with Crippen LogP contribution in [0.5, 0.6) is 0 Å². The minimum atomic E-state index is -3.70. The monoisotopic (exact) mass is 281 g/mol. The Morgan fingerprint density at radius 3 is 2.47 bits per heavy atom. The predicted molar refractivity (Wildman–Crippen MR) is 73.1 cm³/mol. The fraction of sp³-hybridized carbons (Fsp3) is 0.500. The maximum Gasteiger partial charge on any atom is 0.266 e. The molecule has 1 aromatic carbocycles. The molecule has 2 rings (SSSR count). The molecule has 1 saturated heterocycles. The zero-order chi connectivity index (χ0) is 14.0. The standard InChI is InChI=1S/C14H19NO3S/c1-11-6-8-13(9-7-11)19(17,18)15-10-12(2)4-3-5-14(15)16/h6-9,12H,3-5,10H2,1-2H3. The molecule has 0 saturated carbocycles. The third-order valence-electron chi connectivity index (χ3n) is 3.45. The quantitative estimate of drug-likeness (QED) is 0.836. The smallest absolute Gasteiger partial charge is 0.266 e. The molecule has 0 bridgehead atoms. The van der Waals surface area contributed by atoms with Crippen molar-refractivity contribution in [2.24, 2.45) is 5.92 Å². The highest BCUT2D eigenvalue weighted by Gasteiger charge is 2.31. The van der Waals surface area contributed by atoms with Gasteiger partial charge in [-0.1, -0.05) is 24.6 Å². The summed E-state index contributed by atoms with van der Waals surface area (Å²) in [6.07, 6.45) is 1.97. The van der Waals surface area contributed by atoms with Crippen molar-refractivity contribution < 1.29 is 13.2 Å². The SMILES string of the molecule is Cc1ccc(S(=O)(=O)N2CC(C)CCCC2=O)cc1. The highest BCUT2D eigenvalue weighted by Crippen LogP contribution is 2.23. The summed E-state index contributed by atoms with van der Waals surface area (Å²) < 4.78 is 26.1. The number of carbonyl (C=O) groups is 1. The van der Waals surface area contributed by atoms with Crippen LogP contribution in [-0.4, -0.2) is 25.2 Å². The van der Waals surface area contributed by atoms with Crippen LogP contribution >= 0.6 is 0 Å². The molecule has 1 heterocycles. The molecule has 19 heavy (non-hydrogen) atoms. The van der Waals surface area contributed by atoms with Crippen LogP contribution in [0.4, 0.5) is 0 Å². The summed E-state index contributed by atoms with van der Waals surface area (Å²) in [5, 5.41) is 0. The molecule has 1 aliphatic heterocycles. The summed E-state index contributed by atoms with van der Waals surface area (Å²) in [5.41, 5.74) is 0.995. The molecular weight excluding hydrogens is 262 g/mol. The molecule has 1 aromatic rings. The van der Waals surface area contributed by atoms with Crippen molar-refractivity contribution in [2.75, 3.05) is 6.54 Å². The summed E-state index contributed by atoms with van der Waals surface area (Å²) in [4.78, 5) is 12.2. The lowest BCUT2D eigenvalue weighted by Crippen LogP contribution is -2.38. The first-order valence-electron chi connectivity index (χ1n) is 6.53. The van der Waals surface area contributed by atoms with Crippen LogP contribution in [0, 0.1) is 12.8 Å². The van der Waals surface area contributed by atoms with E-state index in [2.05, 4.69) is 0 Å². The molecule has 104 valence electrons. The first kappa shape index (κ1) is 14.1. The first-order chi connectivity index (χ1) is 8.91. The van der Waals surface area contributed by atoms with Crippen molar-refractivity contribution in [2.45, 2.75) is 38.0 Å². The maximum atomic E-state index is 12.5. The lowest BCUT2D eigenvalue weighted by atomic mass is 10.1. The van der Waals surface area contributed by atoms with Gasteiger partial charge in [0.2, 0.25) is 5.91 Å². The average molecular weight is 281 g/mol. The second-order valence-electron chi connectivity index (χ2n) is 5.24. The van der Waals surface area contributed by atoms with E-state index in [1.165, 1.54) is 0 Å². The summed E-state index contributed by atoms with van der Waals surface area (Å²) >= 11 is 0. The average Bonchev–Trinajstić information content (AvgIpc) is 2.52. The van der Waals surface area contributed by atoms with Crippen molar-refractivity contribution in [1.82, 2.24) is 4.31 Å². The van der Waals surface area contributed by atoms with Crippen LogP contribution < -0.4 is 0 Å². The minimum Gasteiger partial charge on any atom is -0.274 e. The summed E-state index contributed by atoms with van der Waals surface area (Å²) in [5.74, 6) is -0.0726. The molecule has 0 aromatic heterocycles. The largest absolute Gasteiger partial charge is 0.274 e. The van der Waals surface area contributed by atoms with Crippen LogP contribution in [0.2, 0.25) is 0 Å². The van der Waals surface area contributed by atoms with E-state index < -0.39 is 10.0 Å². The second kappa shape index (κ2) is 5.33. The van der Waals surface area contributed by atoms with E-state index in [1.54, 1.807) is 24.3 Å². The maximum absolute atomic E-state index is 12.5. The van der Waals surface area contributed by atoms with E-state index in [0.717, 1.165) is 22.7 Å². The normalized spacial score (nSPS) is 21.3. The summed E-state index contributed by atoms with van der Waals surface area (Å²) in [6, 6.07) is 6.62. The van der Waals surface area contributed by atoms with E-state index in [9.17, 15) is 13.2 Å². The zero-order valence-electron chi connectivity index (χ0n) is 11.3. The highest BCUT2D eigenvalue weighted by molar-refractivity contribution is 7.89. The molecule has 4 nitrogen and oxygen atoms in total. The first-order valence-corrected chi connectivity index (χ1v) is 7.97. The molecule has 1 amide bonds. The van der Waals surface area contributed by atoms with Crippen LogP contribution in [0.25, 0.3) is 0 Å². The number of benzene rings is 1. The fourth-order valence-electron chi connectivity index (χ4n) is 2.27. The molecule has 1 aliphatic rings. The number of hydrogen-bond donors (Lipinski definition) is 0. The van der Waals surface area contributed by atoms with Crippen LogP contribution in [-0.2, 0) is 14.8 Å². The highest BCUT2D eigenvalue weighted by atomic mass is 32.2. The Morgan fingerprint density at radius 1 is 1.21 bits per heavy atom. The molecule has 0 N–H and O–H groups in total. The lowest BCUT2D eigenvalue weighted by Gasteiger charge is -2.22. The molecule has 1 unspecified atom stereocenters. The number of nitrogens with zero attached hydrogens (tertiary/aromatic N) is 1. The fourth-order valence-corrected chi connectivity index (χ4v) is 3.82. The number of rotatable bonds is 2. The van der Waals surface area contributed by atoms with Gasteiger partial charge >= 0.3 is 0 Å². The van der Waals surface area contributed by atoms with Gasteiger partial charge in [-0.2, -0.15) is 0 Å². The lowest BCUT2D eigenvalue weighted by molar-refractivity contribution is -0.126. The zero-order valence-corrected chi connectivity index (χ0v) is 12.1. The molecule has 5 heteroatoms. The molecule has 1 fully saturated rings. The van der Waals surface area contributed by atoms with Gasteiger partial charge in [0.05, 0.1) is 4.90 Å². The summed E-state index contributed by atoms with van der Waals surface area (Å²) in [7, 11) is -3.70. The number of sulfonamides is 1. The third-order valence-corrected chi connectivity index (χ3v) is 5.25. The predicted octanol–water partition coefficient (Wildman–Crippen LogP) is 2.33. The van der Waals surface area contributed by atoms with Crippen molar-refractivity contribution in [3.8, 4) is 0 Å². The van der Waals surface area contributed by atoms with Crippen LogP contribution in [0.3, 0.4) is 0 Å². The van der Waals surface area contributed by atoms with Gasteiger partial charge < -0.3 is 0 Å². The van der Waals surface area contributed by atoms with E-state index in [-0.39, 0.29) is 23.3 Å². The van der Waals surface area contributed by atoms with Crippen molar-refractivity contribution in [1.29, 1.82) is 0 Å². The Morgan fingerprint density at radius 2 is 1.84 bits per heavy atom. The van der Waals surface area contributed by atoms with E-state index >= 15 is 0 Å². The van der Waals surface area contributed by atoms with Gasteiger partial charge in [0.1, 0.15) is 0 Å². The van der Waals surface area contributed by atoms with Crippen LogP contribution in [0.1, 0.15) is 31.7 Å². The Hall–Kier alpha value is -1.36. The topological polar surface area (TPSA) is 54.5 Å². The van der Waals surface area contributed by atoms with Gasteiger partial charge in [0.15, 0.2) is 0 Å². The number of amides is 1. The van der Waals surface area contributed by atoms with E-state index in [0.29, 0.717) is 6.42 Å². The van der Waals surface area contributed by atoms with Gasteiger partial charge in [0, 0.05) is 13.0 Å². The number of carbonyl (C=O) groups excluding carboxylic acids is 1. The Kier molecular flexibility index (Phi) is 3.94. The molecule has 1 atom stereocenters. The number of hydrogen-bond acceptors (Lipinski definition) is 3. The van der Waals surface area contributed by atoms with Crippen molar-refractivity contribution >= 4 is 15.9 Å². The van der Waals surface area contributed by atoms with Gasteiger partial charge in [-0.25, -0.2) is 12.7 Å². The van der Waals surface area contributed by atoms with Gasteiger partial charge in [-0.15, -0.1) is 0 Å². The molecule has 0 radical (unpaired) electrons. The van der Waals surface area contributed by atoms with Crippen molar-refractivity contribution in [3.05, 3.63) is 29.8 Å². The molecule has 0 aliphatic carbocycles. The van der Waals surface area contributed by atoms with Crippen molar-refractivity contribution in [3.63, 3.8) is 0 Å².